The van der Waals surface area contributed by atoms with Gasteiger partial charge in [-0.2, -0.15) is 5.26 Å². The molecular weight excluding hydrogens is 384 g/mol. The van der Waals surface area contributed by atoms with Crippen molar-refractivity contribution < 1.29 is 0 Å². The summed E-state index contributed by atoms with van der Waals surface area (Å²) in [7, 11) is 0. The van der Waals surface area contributed by atoms with Crippen LogP contribution in [0.25, 0.3) is 33.1 Å². The molecule has 2 aromatic heterocycles. The second-order valence-corrected chi connectivity index (χ2v) is 7.52. The smallest absolute Gasteiger partial charge is 0.198 e. The fourth-order valence-corrected chi connectivity index (χ4v) is 3.86. The van der Waals surface area contributed by atoms with E-state index in [0.717, 1.165) is 44.3 Å². The van der Waals surface area contributed by atoms with Gasteiger partial charge < -0.3 is 16.0 Å². The van der Waals surface area contributed by atoms with Crippen molar-refractivity contribution in [1.29, 1.82) is 5.26 Å². The summed E-state index contributed by atoms with van der Waals surface area (Å²) in [5, 5.41) is 14.2. The monoisotopic (exact) mass is 404 g/mol. The van der Waals surface area contributed by atoms with Crippen molar-refractivity contribution in [1.82, 2.24) is 15.0 Å². The summed E-state index contributed by atoms with van der Waals surface area (Å²) in [4.78, 5) is 11.9. The first kappa shape index (κ1) is 18.6. The zero-order valence-electron chi connectivity index (χ0n) is 16.9. The van der Waals surface area contributed by atoms with Gasteiger partial charge in [0.05, 0.1) is 27.8 Å². The third kappa shape index (κ3) is 3.43. The number of pyridine rings is 1. The summed E-state index contributed by atoms with van der Waals surface area (Å²) in [6.45, 7) is 2.09. The Kier molecular flexibility index (Phi) is 4.49. The summed E-state index contributed by atoms with van der Waals surface area (Å²) in [5.41, 5.74) is 12.8. The molecule has 31 heavy (non-hydrogen) atoms. The van der Waals surface area contributed by atoms with Gasteiger partial charge in [-0.05, 0) is 47.9 Å². The second kappa shape index (κ2) is 7.47. The number of imidazole rings is 1. The van der Waals surface area contributed by atoms with Gasteiger partial charge in [0.15, 0.2) is 5.95 Å². The van der Waals surface area contributed by atoms with E-state index < -0.39 is 0 Å². The van der Waals surface area contributed by atoms with Crippen LogP contribution in [0.1, 0.15) is 24.1 Å². The molecule has 1 unspecified atom stereocenters. The number of nitriles is 1. The number of rotatable bonds is 4. The molecule has 0 amide bonds. The lowest BCUT2D eigenvalue weighted by atomic mass is 10.00. The largest absolute Gasteiger partial charge is 0.377 e. The minimum absolute atomic E-state index is 0.0333. The number of anilines is 2. The highest BCUT2D eigenvalue weighted by molar-refractivity contribution is 5.97. The van der Waals surface area contributed by atoms with Crippen molar-refractivity contribution in [2.24, 2.45) is 0 Å². The average molecular weight is 404 g/mol. The molecule has 6 heteroatoms. The van der Waals surface area contributed by atoms with Gasteiger partial charge in [0, 0.05) is 17.6 Å². The first-order chi connectivity index (χ1) is 15.1. The number of H-pyrrole nitrogens is 1. The molecule has 3 aromatic carbocycles. The van der Waals surface area contributed by atoms with Crippen molar-refractivity contribution >= 4 is 33.6 Å². The Balaban J connectivity index is 1.62. The van der Waals surface area contributed by atoms with E-state index in [4.69, 9.17) is 5.73 Å². The Morgan fingerprint density at radius 1 is 1.00 bits per heavy atom. The molecule has 4 N–H and O–H groups in total. The van der Waals surface area contributed by atoms with E-state index in [2.05, 4.69) is 51.5 Å². The zero-order valence-corrected chi connectivity index (χ0v) is 16.9. The Hall–Kier alpha value is -4.37. The van der Waals surface area contributed by atoms with Gasteiger partial charge in [0.2, 0.25) is 0 Å². The van der Waals surface area contributed by atoms with E-state index in [0.29, 0.717) is 11.5 Å². The van der Waals surface area contributed by atoms with Gasteiger partial charge >= 0.3 is 0 Å². The number of hydrogen-bond donors (Lipinski definition) is 3. The molecule has 150 valence electrons. The molecule has 5 rings (SSSR count). The van der Waals surface area contributed by atoms with Crippen LogP contribution in [-0.2, 0) is 0 Å². The van der Waals surface area contributed by atoms with Gasteiger partial charge in [-0.1, -0.05) is 42.5 Å². The standard InChI is InChI=1S/C25H20N6/c1-15(16-5-3-2-4-6-16)29-24-19(13-26)14-28-21-9-7-17(11-20(21)24)18-8-10-22-23(12-18)31-25(27)30-22/h2-12,14-15H,1H3,(H,28,29)(H3,27,30,31). The van der Waals surface area contributed by atoms with E-state index in [1.165, 1.54) is 0 Å². The lowest BCUT2D eigenvalue weighted by Crippen LogP contribution is -2.08. The molecule has 1 atom stereocenters. The summed E-state index contributed by atoms with van der Waals surface area (Å²) >= 11 is 0. The van der Waals surface area contributed by atoms with Gasteiger partial charge in [-0.3, -0.25) is 4.98 Å². The van der Waals surface area contributed by atoms with Crippen LogP contribution in [0.3, 0.4) is 0 Å². The third-order valence-corrected chi connectivity index (χ3v) is 5.48. The number of benzene rings is 3. The maximum atomic E-state index is 9.71. The van der Waals surface area contributed by atoms with E-state index >= 15 is 0 Å². The molecule has 0 aliphatic rings. The Morgan fingerprint density at radius 3 is 2.58 bits per heavy atom. The van der Waals surface area contributed by atoms with Crippen molar-refractivity contribution in [2.75, 3.05) is 11.1 Å². The molecule has 0 fully saturated rings. The highest BCUT2D eigenvalue weighted by atomic mass is 15.0. The average Bonchev–Trinajstić information content (AvgIpc) is 3.18. The van der Waals surface area contributed by atoms with E-state index in [1.54, 1.807) is 6.20 Å². The summed E-state index contributed by atoms with van der Waals surface area (Å²) in [6, 6.07) is 24.6. The minimum atomic E-state index is 0.0333. The minimum Gasteiger partial charge on any atom is -0.377 e. The van der Waals surface area contributed by atoms with Crippen LogP contribution in [0.5, 0.6) is 0 Å². The molecule has 0 saturated carbocycles. The summed E-state index contributed by atoms with van der Waals surface area (Å²) < 4.78 is 0. The maximum Gasteiger partial charge on any atom is 0.198 e. The van der Waals surface area contributed by atoms with Gasteiger partial charge in [-0.15, -0.1) is 0 Å². The fraction of sp³-hybridized carbons (Fsp3) is 0.0800. The number of aromatic amines is 1. The van der Waals surface area contributed by atoms with Crippen LogP contribution in [0.4, 0.5) is 11.6 Å². The lowest BCUT2D eigenvalue weighted by molar-refractivity contribution is 0.885. The van der Waals surface area contributed by atoms with Crippen LogP contribution in [0, 0.1) is 11.3 Å². The Morgan fingerprint density at radius 2 is 1.77 bits per heavy atom. The molecular formula is C25H20N6. The first-order valence-corrected chi connectivity index (χ1v) is 10.0. The highest BCUT2D eigenvalue weighted by Gasteiger charge is 2.14. The quantitative estimate of drug-likeness (QED) is 0.372. The molecule has 0 saturated heterocycles. The Labute approximate surface area is 179 Å². The van der Waals surface area contributed by atoms with E-state index in [1.807, 2.05) is 48.5 Å². The number of aromatic nitrogens is 3. The van der Waals surface area contributed by atoms with Gasteiger partial charge in [-0.25, -0.2) is 4.98 Å². The van der Waals surface area contributed by atoms with Gasteiger partial charge in [0.25, 0.3) is 0 Å². The molecule has 0 radical (unpaired) electrons. The summed E-state index contributed by atoms with van der Waals surface area (Å²) in [5.74, 6) is 0.398. The predicted octanol–water partition coefficient (Wildman–Crippen LogP) is 5.41. The molecule has 0 aliphatic carbocycles. The van der Waals surface area contributed by atoms with Crippen molar-refractivity contribution in [3.05, 3.63) is 84.1 Å². The molecule has 6 nitrogen and oxygen atoms in total. The fourth-order valence-electron chi connectivity index (χ4n) is 3.86. The Bertz CT molecular complexity index is 1450. The molecule has 0 spiro atoms. The van der Waals surface area contributed by atoms with E-state index in [-0.39, 0.29) is 6.04 Å². The third-order valence-electron chi connectivity index (χ3n) is 5.48. The van der Waals surface area contributed by atoms with E-state index in [9.17, 15) is 5.26 Å². The number of nitrogens with two attached hydrogens (primary N) is 1. The number of nitrogens with one attached hydrogen (secondary N) is 2. The van der Waals surface area contributed by atoms with Crippen molar-refractivity contribution in [3.63, 3.8) is 0 Å². The topological polar surface area (TPSA) is 103 Å². The number of fused-ring (bicyclic) bond motifs is 2. The second-order valence-electron chi connectivity index (χ2n) is 7.52. The predicted molar refractivity (Wildman–Crippen MR) is 124 cm³/mol. The van der Waals surface area contributed by atoms with Gasteiger partial charge in [0.1, 0.15) is 6.07 Å². The molecule has 0 bridgehead atoms. The zero-order chi connectivity index (χ0) is 21.4. The van der Waals surface area contributed by atoms with Crippen molar-refractivity contribution in [2.45, 2.75) is 13.0 Å². The highest BCUT2D eigenvalue weighted by Crippen LogP contribution is 2.33. The van der Waals surface area contributed by atoms with Crippen LogP contribution in [0.15, 0.2) is 72.9 Å². The number of nitrogen functional groups attached to an aromatic ring is 1. The van der Waals surface area contributed by atoms with Crippen LogP contribution in [0.2, 0.25) is 0 Å². The number of hydrogen-bond acceptors (Lipinski definition) is 5. The SMILES string of the molecule is CC(Nc1c(C#N)cnc2ccc(-c3ccc4[nH]c(N)nc4c3)cc12)c1ccccc1. The lowest BCUT2D eigenvalue weighted by Gasteiger charge is -2.18. The molecule has 0 aliphatic heterocycles. The van der Waals surface area contributed by atoms with Crippen LogP contribution in [-0.4, -0.2) is 15.0 Å². The number of nitrogens with zero attached hydrogens (tertiary/aromatic N) is 3. The first-order valence-electron chi connectivity index (χ1n) is 10.0. The molecule has 5 aromatic rings. The summed E-state index contributed by atoms with van der Waals surface area (Å²) in [6.07, 6.45) is 1.63. The molecule has 2 heterocycles. The van der Waals surface area contributed by atoms with Crippen LogP contribution >= 0.6 is 0 Å². The van der Waals surface area contributed by atoms with Crippen LogP contribution < -0.4 is 11.1 Å². The normalized spacial score (nSPS) is 12.0. The maximum absolute atomic E-state index is 9.71. The van der Waals surface area contributed by atoms with Crippen molar-refractivity contribution in [3.8, 4) is 17.2 Å².